The summed E-state index contributed by atoms with van der Waals surface area (Å²) >= 11 is 0. The third-order valence-corrected chi connectivity index (χ3v) is 1.55. The Morgan fingerprint density at radius 3 is 1.50 bits per heavy atom. The molecule has 0 saturated carbocycles. The van der Waals surface area contributed by atoms with Crippen molar-refractivity contribution in [3.63, 3.8) is 0 Å². The highest BCUT2D eigenvalue weighted by atomic mass is 35.5. The average molecular weight is 189 g/mol. The van der Waals surface area contributed by atoms with Crippen LogP contribution in [0, 0.1) is 5.41 Å². The molecule has 0 aliphatic carbocycles. The van der Waals surface area contributed by atoms with Gasteiger partial charge in [-0.05, 0) is 12.3 Å². The van der Waals surface area contributed by atoms with Gasteiger partial charge in [0.15, 0.2) is 0 Å². The van der Waals surface area contributed by atoms with Crippen LogP contribution in [0.1, 0.15) is 27.7 Å². The summed E-state index contributed by atoms with van der Waals surface area (Å²) in [5.74, 6) is 5.21. The minimum Gasteiger partial charge on any atom is -0.271 e. The Morgan fingerprint density at radius 2 is 1.50 bits per heavy atom. The van der Waals surface area contributed by atoms with Gasteiger partial charge in [0.25, 0.3) is 0 Å². The van der Waals surface area contributed by atoms with E-state index in [0.29, 0.717) is 6.04 Å². The molecule has 4 heteroatoms. The molecule has 66 valence electrons. The van der Waals surface area contributed by atoms with Gasteiger partial charge in [-0.1, -0.05) is 20.8 Å². The third kappa shape index (κ3) is 6.62. The van der Waals surface area contributed by atoms with Gasteiger partial charge in [-0.15, -0.1) is 24.8 Å². The van der Waals surface area contributed by atoms with Crippen LogP contribution >= 0.6 is 24.8 Å². The number of hydrogen-bond donors (Lipinski definition) is 2. The molecular weight excluding hydrogens is 171 g/mol. The lowest BCUT2D eigenvalue weighted by molar-refractivity contribution is 0.290. The maximum atomic E-state index is 5.21. The summed E-state index contributed by atoms with van der Waals surface area (Å²) in [6.45, 7) is 8.52. The maximum Gasteiger partial charge on any atom is 0.0230 e. The lowest BCUT2D eigenvalue weighted by Gasteiger charge is -2.25. The topological polar surface area (TPSA) is 38.0 Å². The molecule has 0 bridgehead atoms. The molecule has 10 heavy (non-hydrogen) atoms. The molecule has 0 radical (unpaired) electrons. The van der Waals surface area contributed by atoms with Crippen molar-refractivity contribution in [2.75, 3.05) is 0 Å². The zero-order chi connectivity index (χ0) is 6.78. The molecule has 0 amide bonds. The first-order valence-electron chi connectivity index (χ1n) is 2.94. The number of hydrogen-bond acceptors (Lipinski definition) is 2. The van der Waals surface area contributed by atoms with Gasteiger partial charge in [-0.25, -0.2) is 0 Å². The molecule has 1 atom stereocenters. The van der Waals surface area contributed by atoms with Crippen LogP contribution in [0.15, 0.2) is 0 Å². The van der Waals surface area contributed by atoms with E-state index in [-0.39, 0.29) is 30.2 Å². The van der Waals surface area contributed by atoms with E-state index in [9.17, 15) is 0 Å². The zero-order valence-corrected chi connectivity index (χ0v) is 8.60. The zero-order valence-electron chi connectivity index (χ0n) is 6.97. The highest BCUT2D eigenvalue weighted by Crippen LogP contribution is 2.17. The van der Waals surface area contributed by atoms with Gasteiger partial charge < -0.3 is 0 Å². The van der Waals surface area contributed by atoms with Gasteiger partial charge in [0.05, 0.1) is 0 Å². The molecule has 0 aromatic rings. The quantitative estimate of drug-likeness (QED) is 0.487. The molecule has 1 unspecified atom stereocenters. The van der Waals surface area contributed by atoms with Gasteiger partial charge in [-0.3, -0.25) is 11.3 Å². The van der Waals surface area contributed by atoms with Crippen LogP contribution in [0.2, 0.25) is 0 Å². The molecule has 0 rings (SSSR count). The summed E-state index contributed by atoms with van der Waals surface area (Å²) in [7, 11) is 0. The molecule has 0 saturated heterocycles. The van der Waals surface area contributed by atoms with Crippen molar-refractivity contribution in [3.8, 4) is 0 Å². The smallest absolute Gasteiger partial charge is 0.0230 e. The number of hydrazine groups is 1. The Labute approximate surface area is 75.7 Å². The second-order valence-electron chi connectivity index (χ2n) is 3.25. The average Bonchev–Trinajstić information content (AvgIpc) is 1.62. The van der Waals surface area contributed by atoms with Gasteiger partial charge in [0, 0.05) is 6.04 Å². The summed E-state index contributed by atoms with van der Waals surface area (Å²) in [6, 6.07) is 0.377. The van der Waals surface area contributed by atoms with Crippen LogP contribution < -0.4 is 11.3 Å². The van der Waals surface area contributed by atoms with Crippen LogP contribution in [0.4, 0.5) is 0 Å². The number of halogens is 2. The van der Waals surface area contributed by atoms with Crippen molar-refractivity contribution >= 4 is 24.8 Å². The van der Waals surface area contributed by atoms with E-state index in [0.717, 1.165) is 0 Å². The largest absolute Gasteiger partial charge is 0.271 e. The fourth-order valence-corrected chi connectivity index (χ4v) is 0.250. The van der Waals surface area contributed by atoms with E-state index in [4.69, 9.17) is 5.84 Å². The Balaban J connectivity index is -0.000000245. The number of nitrogens with one attached hydrogen (secondary N) is 1. The standard InChI is InChI=1S/C6H16N2.2ClH/c1-5(8-7)6(2,3)4;;/h5,8H,7H2,1-4H3;2*1H. The summed E-state index contributed by atoms with van der Waals surface area (Å²) in [4.78, 5) is 0. The van der Waals surface area contributed by atoms with E-state index in [1.807, 2.05) is 0 Å². The van der Waals surface area contributed by atoms with Crippen LogP contribution in [0.5, 0.6) is 0 Å². The molecule has 0 aliphatic heterocycles. The second kappa shape index (κ2) is 6.23. The number of nitrogens with two attached hydrogens (primary N) is 1. The summed E-state index contributed by atoms with van der Waals surface area (Å²) in [5, 5.41) is 0. The van der Waals surface area contributed by atoms with Gasteiger partial charge in [-0.2, -0.15) is 0 Å². The molecule has 0 aromatic carbocycles. The van der Waals surface area contributed by atoms with Crippen molar-refractivity contribution in [2.45, 2.75) is 33.7 Å². The van der Waals surface area contributed by atoms with E-state index < -0.39 is 0 Å². The first-order valence-corrected chi connectivity index (χ1v) is 2.94. The molecular formula is C6H18Cl2N2. The Morgan fingerprint density at radius 1 is 1.20 bits per heavy atom. The molecule has 0 fully saturated rings. The van der Waals surface area contributed by atoms with Crippen LogP contribution in [-0.2, 0) is 0 Å². The van der Waals surface area contributed by atoms with Crippen LogP contribution in [-0.4, -0.2) is 6.04 Å². The summed E-state index contributed by atoms with van der Waals surface area (Å²) in [6.07, 6.45) is 0. The normalized spacial score (nSPS) is 12.9. The predicted molar refractivity (Wildman–Crippen MR) is 50.7 cm³/mol. The second-order valence-corrected chi connectivity index (χ2v) is 3.25. The first-order chi connectivity index (χ1) is 3.48. The van der Waals surface area contributed by atoms with Gasteiger partial charge in [0.2, 0.25) is 0 Å². The van der Waals surface area contributed by atoms with E-state index in [2.05, 4.69) is 33.1 Å². The first kappa shape index (κ1) is 16.8. The molecule has 0 spiro atoms. The number of rotatable bonds is 1. The van der Waals surface area contributed by atoms with Crippen molar-refractivity contribution in [2.24, 2.45) is 11.3 Å². The van der Waals surface area contributed by atoms with Crippen LogP contribution in [0.3, 0.4) is 0 Å². The fraction of sp³-hybridized carbons (Fsp3) is 1.00. The van der Waals surface area contributed by atoms with E-state index in [1.165, 1.54) is 0 Å². The predicted octanol–water partition coefficient (Wildman–Crippen LogP) is 1.73. The molecule has 0 aromatic heterocycles. The molecule has 0 heterocycles. The minimum atomic E-state index is 0. The van der Waals surface area contributed by atoms with Crippen molar-refractivity contribution < 1.29 is 0 Å². The SMILES string of the molecule is CC(NN)C(C)(C)C.Cl.Cl. The van der Waals surface area contributed by atoms with Crippen molar-refractivity contribution in [1.82, 2.24) is 5.43 Å². The summed E-state index contributed by atoms with van der Waals surface area (Å²) in [5.41, 5.74) is 2.98. The minimum absolute atomic E-state index is 0. The highest BCUT2D eigenvalue weighted by Gasteiger charge is 2.17. The lowest BCUT2D eigenvalue weighted by Crippen LogP contribution is -2.41. The molecule has 0 aliphatic rings. The molecule has 3 N–H and O–H groups in total. The monoisotopic (exact) mass is 188 g/mol. The summed E-state index contributed by atoms with van der Waals surface area (Å²) < 4.78 is 0. The third-order valence-electron chi connectivity index (χ3n) is 1.55. The van der Waals surface area contributed by atoms with Crippen LogP contribution in [0.25, 0.3) is 0 Å². The Bertz CT molecular complexity index is 70.6. The van der Waals surface area contributed by atoms with Gasteiger partial charge in [0.1, 0.15) is 0 Å². The van der Waals surface area contributed by atoms with Gasteiger partial charge >= 0.3 is 0 Å². The highest BCUT2D eigenvalue weighted by molar-refractivity contribution is 5.85. The van der Waals surface area contributed by atoms with E-state index in [1.54, 1.807) is 0 Å². The van der Waals surface area contributed by atoms with Crippen molar-refractivity contribution in [3.05, 3.63) is 0 Å². The fourth-order valence-electron chi connectivity index (χ4n) is 0.250. The van der Waals surface area contributed by atoms with E-state index >= 15 is 0 Å². The lowest BCUT2D eigenvalue weighted by atomic mass is 9.89. The van der Waals surface area contributed by atoms with Crippen molar-refractivity contribution in [1.29, 1.82) is 0 Å². The maximum absolute atomic E-state index is 5.21. The Hall–Kier alpha value is 0.500. The Kier molecular flexibility index (Phi) is 10.5. The molecule has 2 nitrogen and oxygen atoms in total.